The van der Waals surface area contributed by atoms with Gasteiger partial charge in [0.1, 0.15) is 0 Å². The third kappa shape index (κ3) is 7.07. The van der Waals surface area contributed by atoms with Gasteiger partial charge < -0.3 is 20.6 Å². The standard InChI is InChI=1S/C29H33N3O4/c33-27(34)16-17-30-28(35)24-12-10-22(11-13-24)20-32(19-21-6-2-1-3-7-21)29(36)31-26-15-14-23-8-4-5-9-25(23)18-26/h4-5,8-15,18,21H,1-3,6-7,16-17,19-20H2,(H,30,35)(H,31,36)(H,33,34). The molecular weight excluding hydrogens is 454 g/mol. The van der Waals surface area contributed by atoms with Crippen molar-refractivity contribution in [1.29, 1.82) is 0 Å². The molecule has 3 amide bonds. The highest BCUT2D eigenvalue weighted by atomic mass is 16.4. The van der Waals surface area contributed by atoms with Gasteiger partial charge in [0.05, 0.1) is 6.42 Å². The van der Waals surface area contributed by atoms with Crippen LogP contribution in [-0.4, -0.2) is 41.0 Å². The Hall–Kier alpha value is -3.87. The SMILES string of the molecule is O=C(O)CCNC(=O)c1ccc(CN(CC2CCCCC2)C(=O)Nc2ccc3ccccc3c2)cc1. The van der Waals surface area contributed by atoms with Gasteiger partial charge in [-0.25, -0.2) is 4.79 Å². The van der Waals surface area contributed by atoms with E-state index in [2.05, 4.69) is 10.6 Å². The Morgan fingerprint density at radius 1 is 0.889 bits per heavy atom. The summed E-state index contributed by atoms with van der Waals surface area (Å²) in [6.45, 7) is 1.22. The number of carbonyl (C=O) groups excluding carboxylic acids is 2. The smallest absolute Gasteiger partial charge is 0.322 e. The van der Waals surface area contributed by atoms with Gasteiger partial charge in [0.25, 0.3) is 5.91 Å². The maximum Gasteiger partial charge on any atom is 0.322 e. The van der Waals surface area contributed by atoms with Crippen LogP contribution in [-0.2, 0) is 11.3 Å². The van der Waals surface area contributed by atoms with E-state index in [0.29, 0.717) is 24.6 Å². The van der Waals surface area contributed by atoms with Crippen LogP contribution in [0.25, 0.3) is 10.8 Å². The molecule has 1 saturated carbocycles. The maximum absolute atomic E-state index is 13.4. The lowest BCUT2D eigenvalue weighted by atomic mass is 9.89. The summed E-state index contributed by atoms with van der Waals surface area (Å²) in [6.07, 6.45) is 5.82. The van der Waals surface area contributed by atoms with Crippen molar-refractivity contribution >= 4 is 34.4 Å². The average Bonchev–Trinajstić information content (AvgIpc) is 2.89. The number of anilines is 1. The third-order valence-electron chi connectivity index (χ3n) is 6.71. The number of carboxylic acids is 1. The number of aliphatic carboxylic acids is 1. The zero-order chi connectivity index (χ0) is 25.3. The van der Waals surface area contributed by atoms with Crippen LogP contribution in [0.2, 0.25) is 0 Å². The van der Waals surface area contributed by atoms with E-state index in [1.807, 2.05) is 59.5 Å². The van der Waals surface area contributed by atoms with Gasteiger partial charge in [0.15, 0.2) is 0 Å². The quantitative estimate of drug-likeness (QED) is 0.363. The highest BCUT2D eigenvalue weighted by Gasteiger charge is 2.22. The summed E-state index contributed by atoms with van der Waals surface area (Å²) >= 11 is 0. The van der Waals surface area contributed by atoms with Gasteiger partial charge in [-0.2, -0.15) is 0 Å². The Balaban J connectivity index is 1.44. The molecule has 4 rings (SSSR count). The third-order valence-corrected chi connectivity index (χ3v) is 6.71. The molecule has 0 radical (unpaired) electrons. The van der Waals surface area contributed by atoms with Gasteiger partial charge in [0, 0.05) is 30.9 Å². The van der Waals surface area contributed by atoms with Crippen molar-refractivity contribution in [2.24, 2.45) is 5.92 Å². The molecule has 3 N–H and O–H groups in total. The lowest BCUT2D eigenvalue weighted by Gasteiger charge is -2.30. The lowest BCUT2D eigenvalue weighted by Crippen LogP contribution is -2.38. The van der Waals surface area contributed by atoms with Crippen molar-refractivity contribution < 1.29 is 19.5 Å². The molecule has 0 atom stereocenters. The monoisotopic (exact) mass is 487 g/mol. The molecule has 1 aliphatic rings. The van der Waals surface area contributed by atoms with Crippen LogP contribution in [0.1, 0.15) is 54.4 Å². The Morgan fingerprint density at radius 2 is 1.61 bits per heavy atom. The van der Waals surface area contributed by atoms with E-state index < -0.39 is 5.97 Å². The highest BCUT2D eigenvalue weighted by molar-refractivity contribution is 5.95. The molecule has 0 spiro atoms. The molecule has 188 valence electrons. The summed E-state index contributed by atoms with van der Waals surface area (Å²) in [6, 6.07) is 21.0. The van der Waals surface area contributed by atoms with Crippen molar-refractivity contribution in [3.05, 3.63) is 77.9 Å². The molecule has 3 aromatic rings. The fourth-order valence-corrected chi connectivity index (χ4v) is 4.74. The molecule has 7 nitrogen and oxygen atoms in total. The number of hydrogen-bond acceptors (Lipinski definition) is 3. The molecule has 0 heterocycles. The van der Waals surface area contributed by atoms with E-state index >= 15 is 0 Å². The highest BCUT2D eigenvalue weighted by Crippen LogP contribution is 2.26. The minimum absolute atomic E-state index is 0.0834. The molecule has 0 bridgehead atoms. The van der Waals surface area contributed by atoms with Crippen LogP contribution < -0.4 is 10.6 Å². The second kappa shape index (κ2) is 12.2. The fraction of sp³-hybridized carbons (Fsp3) is 0.345. The van der Waals surface area contributed by atoms with Gasteiger partial charge in [-0.1, -0.05) is 61.7 Å². The van der Waals surface area contributed by atoms with E-state index in [1.54, 1.807) is 12.1 Å². The number of carbonyl (C=O) groups is 3. The topological polar surface area (TPSA) is 98.7 Å². The number of hydrogen-bond donors (Lipinski definition) is 3. The predicted molar refractivity (Wildman–Crippen MR) is 141 cm³/mol. The molecule has 3 aromatic carbocycles. The van der Waals surface area contributed by atoms with E-state index in [4.69, 9.17) is 5.11 Å². The second-order valence-corrected chi connectivity index (χ2v) is 9.47. The van der Waals surface area contributed by atoms with Gasteiger partial charge in [0.2, 0.25) is 0 Å². The Kier molecular flexibility index (Phi) is 8.55. The number of rotatable bonds is 9. The van der Waals surface area contributed by atoms with Crippen molar-refractivity contribution in [2.75, 3.05) is 18.4 Å². The Morgan fingerprint density at radius 3 is 2.33 bits per heavy atom. The summed E-state index contributed by atoms with van der Waals surface area (Å²) < 4.78 is 0. The van der Waals surface area contributed by atoms with Crippen LogP contribution in [0.5, 0.6) is 0 Å². The number of amides is 3. The van der Waals surface area contributed by atoms with E-state index in [0.717, 1.165) is 34.9 Å². The summed E-state index contributed by atoms with van der Waals surface area (Å²) in [5.74, 6) is -0.776. The van der Waals surface area contributed by atoms with E-state index in [-0.39, 0.29) is 24.9 Å². The van der Waals surface area contributed by atoms with Crippen LogP contribution in [0.15, 0.2) is 66.7 Å². The maximum atomic E-state index is 13.4. The van der Waals surface area contributed by atoms with E-state index in [9.17, 15) is 14.4 Å². The minimum atomic E-state index is -0.953. The zero-order valence-corrected chi connectivity index (χ0v) is 20.4. The molecule has 0 aromatic heterocycles. The number of benzene rings is 3. The van der Waals surface area contributed by atoms with Crippen molar-refractivity contribution in [3.63, 3.8) is 0 Å². The second-order valence-electron chi connectivity index (χ2n) is 9.47. The largest absolute Gasteiger partial charge is 0.481 e. The molecular formula is C29H33N3O4. The molecule has 0 aliphatic heterocycles. The number of nitrogens with zero attached hydrogens (tertiary/aromatic N) is 1. The van der Waals surface area contributed by atoms with Gasteiger partial charge in [-0.05, 0) is 59.4 Å². The van der Waals surface area contributed by atoms with Crippen LogP contribution in [0.4, 0.5) is 10.5 Å². The molecule has 0 unspecified atom stereocenters. The summed E-state index contributed by atoms with van der Waals surface area (Å²) in [7, 11) is 0. The van der Waals surface area contributed by atoms with Gasteiger partial charge in [-0.15, -0.1) is 0 Å². The fourth-order valence-electron chi connectivity index (χ4n) is 4.74. The molecule has 1 aliphatic carbocycles. The number of carboxylic acid groups (broad SMARTS) is 1. The van der Waals surface area contributed by atoms with Crippen LogP contribution >= 0.6 is 0 Å². The first kappa shape index (κ1) is 25.2. The summed E-state index contributed by atoms with van der Waals surface area (Å²) in [5, 5.41) is 16.6. The Labute approximate surface area is 211 Å². The first-order valence-corrected chi connectivity index (χ1v) is 12.6. The molecule has 1 fully saturated rings. The first-order chi connectivity index (χ1) is 17.5. The average molecular weight is 488 g/mol. The number of fused-ring (bicyclic) bond motifs is 1. The number of urea groups is 1. The van der Waals surface area contributed by atoms with Crippen molar-refractivity contribution in [2.45, 2.75) is 45.1 Å². The van der Waals surface area contributed by atoms with E-state index in [1.165, 1.54) is 19.3 Å². The van der Waals surface area contributed by atoms with Crippen molar-refractivity contribution in [1.82, 2.24) is 10.2 Å². The number of nitrogens with one attached hydrogen (secondary N) is 2. The predicted octanol–water partition coefficient (Wildman–Crippen LogP) is 5.66. The normalized spacial score (nSPS) is 13.8. The molecule has 0 saturated heterocycles. The minimum Gasteiger partial charge on any atom is -0.481 e. The lowest BCUT2D eigenvalue weighted by molar-refractivity contribution is -0.136. The first-order valence-electron chi connectivity index (χ1n) is 12.6. The summed E-state index contributed by atoms with van der Waals surface area (Å²) in [4.78, 5) is 38.1. The van der Waals surface area contributed by atoms with Gasteiger partial charge in [-0.3, -0.25) is 9.59 Å². The molecule has 36 heavy (non-hydrogen) atoms. The van der Waals surface area contributed by atoms with Gasteiger partial charge >= 0.3 is 12.0 Å². The van der Waals surface area contributed by atoms with Crippen LogP contribution in [0.3, 0.4) is 0 Å². The molecule has 7 heteroatoms. The summed E-state index contributed by atoms with van der Waals surface area (Å²) in [5.41, 5.74) is 2.16. The Bertz CT molecular complexity index is 1200. The zero-order valence-electron chi connectivity index (χ0n) is 20.4. The van der Waals surface area contributed by atoms with Crippen LogP contribution in [0, 0.1) is 5.92 Å². The van der Waals surface area contributed by atoms with Crippen molar-refractivity contribution in [3.8, 4) is 0 Å².